The number of anilines is 1. The van der Waals surface area contributed by atoms with Crippen molar-refractivity contribution in [3.8, 4) is 0 Å². The summed E-state index contributed by atoms with van der Waals surface area (Å²) in [6, 6.07) is 7.30. The third kappa shape index (κ3) is 2.88. The van der Waals surface area contributed by atoms with E-state index in [0.29, 0.717) is 17.1 Å². The maximum absolute atomic E-state index is 12.5. The lowest BCUT2D eigenvalue weighted by Crippen LogP contribution is -2.30. The molecular formula is C15H19ClN4O. The number of benzene rings is 1. The summed E-state index contributed by atoms with van der Waals surface area (Å²) >= 11 is 6.19. The quantitative estimate of drug-likeness (QED) is 0.911. The van der Waals surface area contributed by atoms with Crippen molar-refractivity contribution < 1.29 is 4.79 Å². The normalized spacial score (nSPS) is 12.2. The Morgan fingerprint density at radius 2 is 2.14 bits per heavy atom. The predicted octanol–water partition coefficient (Wildman–Crippen LogP) is 3.04. The number of nitrogens with two attached hydrogens (primary N) is 1. The monoisotopic (exact) mass is 306 g/mol. The molecule has 0 aliphatic rings. The first kappa shape index (κ1) is 15.4. The van der Waals surface area contributed by atoms with Crippen LogP contribution in [0.5, 0.6) is 0 Å². The fourth-order valence-corrected chi connectivity index (χ4v) is 2.48. The highest BCUT2D eigenvalue weighted by Crippen LogP contribution is 2.28. The fourth-order valence-electron chi connectivity index (χ4n) is 2.18. The molecule has 0 aliphatic carbocycles. The number of aryl methyl sites for hydroxylation is 1. The van der Waals surface area contributed by atoms with Crippen molar-refractivity contribution in [2.75, 3.05) is 12.8 Å². The average molecular weight is 307 g/mol. The number of aromatic amines is 1. The second-order valence-electron chi connectivity index (χ2n) is 4.93. The van der Waals surface area contributed by atoms with E-state index in [1.165, 1.54) is 0 Å². The Morgan fingerprint density at radius 3 is 2.71 bits per heavy atom. The van der Waals surface area contributed by atoms with Gasteiger partial charge in [0.25, 0.3) is 5.91 Å². The largest absolute Gasteiger partial charge is 0.395 e. The molecule has 21 heavy (non-hydrogen) atoms. The minimum absolute atomic E-state index is 0.174. The minimum Gasteiger partial charge on any atom is -0.395 e. The van der Waals surface area contributed by atoms with Gasteiger partial charge in [-0.1, -0.05) is 36.7 Å². The van der Waals surface area contributed by atoms with E-state index in [1.807, 2.05) is 38.1 Å². The maximum atomic E-state index is 12.5. The second kappa shape index (κ2) is 6.18. The number of halogens is 1. The van der Waals surface area contributed by atoms with Gasteiger partial charge in [-0.3, -0.25) is 9.89 Å². The molecule has 0 bridgehead atoms. The number of nitrogens with one attached hydrogen (secondary N) is 1. The van der Waals surface area contributed by atoms with E-state index in [9.17, 15) is 4.79 Å². The van der Waals surface area contributed by atoms with Crippen molar-refractivity contribution in [3.05, 3.63) is 46.2 Å². The number of nitrogen functional groups attached to an aromatic ring is 1. The van der Waals surface area contributed by atoms with Crippen LogP contribution in [0.3, 0.4) is 0 Å². The Hall–Kier alpha value is -2.01. The van der Waals surface area contributed by atoms with Gasteiger partial charge in [-0.25, -0.2) is 0 Å². The van der Waals surface area contributed by atoms with Crippen LogP contribution < -0.4 is 5.73 Å². The summed E-state index contributed by atoms with van der Waals surface area (Å²) in [5.41, 5.74) is 8.29. The lowest BCUT2D eigenvalue weighted by molar-refractivity contribution is 0.0738. The van der Waals surface area contributed by atoms with Gasteiger partial charge in [0.05, 0.1) is 17.4 Å². The molecule has 6 heteroatoms. The van der Waals surface area contributed by atoms with Crippen molar-refractivity contribution in [1.82, 2.24) is 15.1 Å². The topological polar surface area (TPSA) is 75.0 Å². The molecule has 1 unspecified atom stereocenters. The number of amides is 1. The molecule has 112 valence electrons. The molecule has 5 nitrogen and oxygen atoms in total. The van der Waals surface area contributed by atoms with Gasteiger partial charge in [0.15, 0.2) is 5.69 Å². The van der Waals surface area contributed by atoms with E-state index in [-0.39, 0.29) is 17.6 Å². The molecular weight excluding hydrogens is 288 g/mol. The van der Waals surface area contributed by atoms with Gasteiger partial charge in [0.1, 0.15) is 0 Å². The van der Waals surface area contributed by atoms with Crippen LogP contribution in [0, 0.1) is 0 Å². The Balaban J connectivity index is 2.27. The van der Waals surface area contributed by atoms with Crippen molar-refractivity contribution in [3.63, 3.8) is 0 Å². The summed E-state index contributed by atoms with van der Waals surface area (Å²) in [6.45, 7) is 3.87. The number of nitrogens with zero attached hydrogens (tertiary/aromatic N) is 2. The molecule has 0 radical (unpaired) electrons. The van der Waals surface area contributed by atoms with Gasteiger partial charge in [-0.2, -0.15) is 5.10 Å². The smallest absolute Gasteiger partial charge is 0.276 e. The molecule has 3 N–H and O–H groups in total. The molecule has 1 amide bonds. The summed E-state index contributed by atoms with van der Waals surface area (Å²) < 4.78 is 0. The van der Waals surface area contributed by atoms with Crippen molar-refractivity contribution in [2.45, 2.75) is 26.3 Å². The van der Waals surface area contributed by atoms with Crippen LogP contribution in [-0.2, 0) is 6.42 Å². The molecule has 1 aromatic carbocycles. The number of hydrogen-bond donors (Lipinski definition) is 2. The van der Waals surface area contributed by atoms with Gasteiger partial charge in [-0.15, -0.1) is 0 Å². The van der Waals surface area contributed by atoms with Crippen LogP contribution in [0.1, 0.15) is 41.6 Å². The van der Waals surface area contributed by atoms with Gasteiger partial charge in [0, 0.05) is 12.1 Å². The van der Waals surface area contributed by atoms with Gasteiger partial charge >= 0.3 is 0 Å². The van der Waals surface area contributed by atoms with Crippen LogP contribution in [0.4, 0.5) is 5.69 Å². The molecule has 2 rings (SSSR count). The number of H-pyrrole nitrogens is 1. The Morgan fingerprint density at radius 1 is 1.48 bits per heavy atom. The zero-order valence-electron chi connectivity index (χ0n) is 12.4. The predicted molar refractivity (Wildman–Crippen MR) is 84.3 cm³/mol. The summed E-state index contributed by atoms with van der Waals surface area (Å²) in [6.07, 6.45) is 0.704. The number of carbonyl (C=O) groups excluding carboxylic acids is 1. The van der Waals surface area contributed by atoms with Crippen molar-refractivity contribution >= 4 is 23.2 Å². The molecule has 1 heterocycles. The van der Waals surface area contributed by atoms with Crippen LogP contribution in [0.2, 0.25) is 5.02 Å². The minimum atomic E-state index is -0.226. The van der Waals surface area contributed by atoms with Gasteiger partial charge in [-0.05, 0) is 25.0 Å². The molecule has 0 saturated carbocycles. The third-order valence-electron chi connectivity index (χ3n) is 3.70. The number of aromatic nitrogens is 2. The standard InChI is InChI=1S/C15H19ClN4O/c1-4-12-13(17)14(19-18-12)15(21)20(3)9(2)10-7-5-6-8-11(10)16/h5-9H,4,17H2,1-3H3,(H,18,19). The molecule has 0 spiro atoms. The van der Waals surface area contributed by atoms with Crippen LogP contribution in [-0.4, -0.2) is 28.1 Å². The molecule has 1 atom stereocenters. The van der Waals surface area contributed by atoms with E-state index in [0.717, 1.165) is 11.3 Å². The SMILES string of the molecule is CCc1[nH]nc(C(=O)N(C)C(C)c2ccccc2Cl)c1N. The van der Waals surface area contributed by atoms with Crippen molar-refractivity contribution in [2.24, 2.45) is 0 Å². The maximum Gasteiger partial charge on any atom is 0.276 e. The van der Waals surface area contributed by atoms with E-state index < -0.39 is 0 Å². The lowest BCUT2D eigenvalue weighted by Gasteiger charge is -2.25. The third-order valence-corrected chi connectivity index (χ3v) is 4.04. The number of rotatable bonds is 4. The molecule has 1 aromatic heterocycles. The molecule has 2 aromatic rings. The summed E-state index contributed by atoms with van der Waals surface area (Å²) in [5.74, 6) is -0.226. The Kier molecular flexibility index (Phi) is 4.53. The lowest BCUT2D eigenvalue weighted by atomic mass is 10.1. The number of hydrogen-bond acceptors (Lipinski definition) is 3. The highest BCUT2D eigenvalue weighted by Gasteiger charge is 2.25. The van der Waals surface area contributed by atoms with E-state index in [4.69, 9.17) is 17.3 Å². The first-order valence-corrected chi connectivity index (χ1v) is 7.19. The van der Waals surface area contributed by atoms with Crippen LogP contribution in [0.15, 0.2) is 24.3 Å². The summed E-state index contributed by atoms with van der Waals surface area (Å²) in [7, 11) is 1.72. The average Bonchev–Trinajstić information content (AvgIpc) is 2.86. The highest BCUT2D eigenvalue weighted by atomic mass is 35.5. The zero-order chi connectivity index (χ0) is 15.6. The Bertz CT molecular complexity index is 653. The van der Waals surface area contributed by atoms with Gasteiger partial charge in [0.2, 0.25) is 0 Å². The van der Waals surface area contributed by atoms with Crippen LogP contribution in [0.25, 0.3) is 0 Å². The summed E-state index contributed by atoms with van der Waals surface area (Å²) in [4.78, 5) is 14.1. The Labute approximate surface area is 129 Å². The molecule has 0 aliphatic heterocycles. The highest BCUT2D eigenvalue weighted by molar-refractivity contribution is 6.31. The van der Waals surface area contributed by atoms with Crippen molar-refractivity contribution in [1.29, 1.82) is 0 Å². The first-order chi connectivity index (χ1) is 9.97. The molecule has 0 fully saturated rings. The zero-order valence-corrected chi connectivity index (χ0v) is 13.1. The second-order valence-corrected chi connectivity index (χ2v) is 5.34. The number of carbonyl (C=O) groups is 1. The molecule has 0 saturated heterocycles. The van der Waals surface area contributed by atoms with E-state index >= 15 is 0 Å². The fraction of sp³-hybridized carbons (Fsp3) is 0.333. The van der Waals surface area contributed by atoms with Crippen LogP contribution >= 0.6 is 11.6 Å². The van der Waals surface area contributed by atoms with E-state index in [2.05, 4.69) is 10.2 Å². The van der Waals surface area contributed by atoms with E-state index in [1.54, 1.807) is 11.9 Å². The summed E-state index contributed by atoms with van der Waals surface area (Å²) in [5, 5.41) is 7.47. The first-order valence-electron chi connectivity index (χ1n) is 6.81. The van der Waals surface area contributed by atoms with Gasteiger partial charge < -0.3 is 10.6 Å².